The smallest absolute Gasteiger partial charge is 0.336 e. The second-order valence-electron chi connectivity index (χ2n) is 5.28. The van der Waals surface area contributed by atoms with Gasteiger partial charge in [0.05, 0.1) is 7.11 Å². The molecule has 0 aliphatic carbocycles. The number of aryl methyl sites for hydroxylation is 1. The van der Waals surface area contributed by atoms with Crippen molar-refractivity contribution in [3.8, 4) is 17.2 Å². The van der Waals surface area contributed by atoms with E-state index in [0.29, 0.717) is 24.5 Å². The summed E-state index contributed by atoms with van der Waals surface area (Å²) in [6.07, 6.45) is 0. The number of hydrogen-bond acceptors (Lipinski definition) is 5. The molecular formula is C19H18O5. The fourth-order valence-corrected chi connectivity index (χ4v) is 2.41. The molecule has 24 heavy (non-hydrogen) atoms. The molecule has 1 aromatic heterocycles. The highest BCUT2D eigenvalue weighted by atomic mass is 16.5. The average Bonchev–Trinajstić information content (AvgIpc) is 2.58. The van der Waals surface area contributed by atoms with E-state index in [1.807, 2.05) is 43.3 Å². The van der Waals surface area contributed by atoms with Crippen LogP contribution < -0.4 is 19.8 Å². The minimum absolute atomic E-state index is 0.362. The van der Waals surface area contributed by atoms with E-state index in [-0.39, 0.29) is 5.63 Å². The Morgan fingerprint density at radius 3 is 2.38 bits per heavy atom. The first-order chi connectivity index (χ1) is 11.7. The monoisotopic (exact) mass is 326 g/mol. The zero-order valence-electron chi connectivity index (χ0n) is 13.6. The molecule has 5 heteroatoms. The molecule has 0 amide bonds. The zero-order chi connectivity index (χ0) is 16.9. The van der Waals surface area contributed by atoms with E-state index in [1.165, 1.54) is 6.07 Å². The predicted octanol–water partition coefficient (Wildman–Crippen LogP) is 3.57. The Morgan fingerprint density at radius 1 is 0.917 bits per heavy atom. The SMILES string of the molecule is COc1cccc(OCCOc2ccc3c(C)cc(=O)oc3c2)c1. The highest BCUT2D eigenvalue weighted by Crippen LogP contribution is 2.22. The number of hydrogen-bond donors (Lipinski definition) is 0. The van der Waals surface area contributed by atoms with Gasteiger partial charge in [0.15, 0.2) is 0 Å². The highest BCUT2D eigenvalue weighted by molar-refractivity contribution is 5.81. The summed E-state index contributed by atoms with van der Waals surface area (Å²) >= 11 is 0. The molecule has 2 aromatic carbocycles. The van der Waals surface area contributed by atoms with Crippen molar-refractivity contribution < 1.29 is 18.6 Å². The van der Waals surface area contributed by atoms with E-state index in [1.54, 1.807) is 13.2 Å². The molecule has 0 unspecified atom stereocenters. The summed E-state index contributed by atoms with van der Waals surface area (Å²) in [6, 6.07) is 14.3. The molecule has 5 nitrogen and oxygen atoms in total. The maximum atomic E-state index is 11.4. The maximum Gasteiger partial charge on any atom is 0.336 e. The molecular weight excluding hydrogens is 308 g/mol. The van der Waals surface area contributed by atoms with E-state index in [2.05, 4.69) is 0 Å². The predicted molar refractivity (Wildman–Crippen MR) is 91.2 cm³/mol. The molecule has 124 valence electrons. The van der Waals surface area contributed by atoms with Gasteiger partial charge in [-0.15, -0.1) is 0 Å². The summed E-state index contributed by atoms with van der Waals surface area (Å²) in [5, 5.41) is 0.898. The summed E-state index contributed by atoms with van der Waals surface area (Å²) in [7, 11) is 1.61. The fourth-order valence-electron chi connectivity index (χ4n) is 2.41. The van der Waals surface area contributed by atoms with Crippen LogP contribution in [0.3, 0.4) is 0 Å². The van der Waals surface area contributed by atoms with Gasteiger partial charge in [-0.25, -0.2) is 4.79 Å². The maximum absolute atomic E-state index is 11.4. The first kappa shape index (κ1) is 15.9. The molecule has 0 bridgehead atoms. The van der Waals surface area contributed by atoms with Gasteiger partial charge in [-0.1, -0.05) is 6.07 Å². The third-order valence-electron chi connectivity index (χ3n) is 3.58. The lowest BCUT2D eigenvalue weighted by Crippen LogP contribution is -2.09. The molecule has 0 saturated heterocycles. The largest absolute Gasteiger partial charge is 0.497 e. The summed E-state index contributed by atoms with van der Waals surface area (Å²) in [6.45, 7) is 2.64. The molecule has 0 saturated carbocycles. The molecule has 3 rings (SSSR count). The van der Waals surface area contributed by atoms with E-state index >= 15 is 0 Å². The van der Waals surface area contributed by atoms with Gasteiger partial charge in [0.2, 0.25) is 0 Å². The number of benzene rings is 2. The van der Waals surface area contributed by atoms with Gasteiger partial charge in [-0.2, -0.15) is 0 Å². The van der Waals surface area contributed by atoms with E-state index in [9.17, 15) is 4.79 Å². The van der Waals surface area contributed by atoms with Gasteiger partial charge in [0, 0.05) is 23.6 Å². The lowest BCUT2D eigenvalue weighted by molar-refractivity contribution is 0.216. The Morgan fingerprint density at radius 2 is 1.62 bits per heavy atom. The van der Waals surface area contributed by atoms with Crippen LogP contribution in [-0.2, 0) is 0 Å². The summed E-state index contributed by atoms with van der Waals surface area (Å²) in [5.74, 6) is 2.09. The second-order valence-corrected chi connectivity index (χ2v) is 5.28. The van der Waals surface area contributed by atoms with Crippen molar-refractivity contribution in [1.82, 2.24) is 0 Å². The Balaban J connectivity index is 1.60. The molecule has 0 spiro atoms. The lowest BCUT2D eigenvalue weighted by Gasteiger charge is -2.10. The van der Waals surface area contributed by atoms with Crippen LogP contribution in [0.25, 0.3) is 11.0 Å². The van der Waals surface area contributed by atoms with Gasteiger partial charge in [-0.3, -0.25) is 0 Å². The third kappa shape index (κ3) is 3.68. The van der Waals surface area contributed by atoms with Crippen molar-refractivity contribution in [3.63, 3.8) is 0 Å². The number of fused-ring (bicyclic) bond motifs is 1. The highest BCUT2D eigenvalue weighted by Gasteiger charge is 2.04. The molecule has 1 heterocycles. The number of rotatable bonds is 6. The standard InChI is InChI=1S/C19H18O5/c1-13-10-19(20)24-18-12-16(6-7-17(13)18)23-9-8-22-15-5-3-4-14(11-15)21-2/h3-7,10-12H,8-9H2,1-2H3. The van der Waals surface area contributed by atoms with Crippen molar-refractivity contribution in [2.45, 2.75) is 6.92 Å². The Kier molecular flexibility index (Phi) is 4.70. The van der Waals surface area contributed by atoms with Crippen LogP contribution in [0, 0.1) is 6.92 Å². The zero-order valence-corrected chi connectivity index (χ0v) is 13.6. The van der Waals surface area contributed by atoms with Crippen molar-refractivity contribution >= 4 is 11.0 Å². The normalized spacial score (nSPS) is 10.6. The topological polar surface area (TPSA) is 57.9 Å². The quantitative estimate of drug-likeness (QED) is 0.512. The van der Waals surface area contributed by atoms with Crippen molar-refractivity contribution in [2.24, 2.45) is 0 Å². The average molecular weight is 326 g/mol. The van der Waals surface area contributed by atoms with E-state index in [4.69, 9.17) is 18.6 Å². The van der Waals surface area contributed by atoms with Crippen molar-refractivity contribution in [2.75, 3.05) is 20.3 Å². The Hall–Kier alpha value is -2.95. The fraction of sp³-hybridized carbons (Fsp3) is 0.211. The Bertz CT molecular complexity index is 898. The van der Waals surface area contributed by atoms with Gasteiger partial charge in [-0.05, 0) is 36.8 Å². The first-order valence-electron chi connectivity index (χ1n) is 7.60. The molecule has 0 N–H and O–H groups in total. The summed E-state index contributed by atoms with van der Waals surface area (Å²) in [5.41, 5.74) is 1.04. The molecule has 0 atom stereocenters. The minimum Gasteiger partial charge on any atom is -0.497 e. The van der Waals surface area contributed by atoms with Crippen LogP contribution in [0.5, 0.6) is 17.2 Å². The van der Waals surface area contributed by atoms with Crippen LogP contribution in [0.15, 0.2) is 57.7 Å². The van der Waals surface area contributed by atoms with Crippen LogP contribution in [0.1, 0.15) is 5.56 Å². The molecule has 0 aliphatic rings. The number of methoxy groups -OCH3 is 1. The van der Waals surface area contributed by atoms with Crippen molar-refractivity contribution in [1.29, 1.82) is 0 Å². The molecule has 0 aliphatic heterocycles. The van der Waals surface area contributed by atoms with Crippen LogP contribution in [0.2, 0.25) is 0 Å². The summed E-state index contributed by atoms with van der Waals surface area (Å²) in [4.78, 5) is 11.4. The Labute approximate surface area is 139 Å². The van der Waals surface area contributed by atoms with Crippen LogP contribution >= 0.6 is 0 Å². The molecule has 0 fully saturated rings. The van der Waals surface area contributed by atoms with Crippen LogP contribution in [-0.4, -0.2) is 20.3 Å². The van der Waals surface area contributed by atoms with E-state index in [0.717, 1.165) is 22.4 Å². The minimum atomic E-state index is -0.362. The first-order valence-corrected chi connectivity index (χ1v) is 7.60. The van der Waals surface area contributed by atoms with Crippen molar-refractivity contribution in [3.05, 3.63) is 64.5 Å². The van der Waals surface area contributed by atoms with Gasteiger partial charge in [0.1, 0.15) is 36.0 Å². The van der Waals surface area contributed by atoms with Gasteiger partial charge < -0.3 is 18.6 Å². The molecule has 0 radical (unpaired) electrons. The van der Waals surface area contributed by atoms with Crippen LogP contribution in [0.4, 0.5) is 0 Å². The molecule has 3 aromatic rings. The van der Waals surface area contributed by atoms with Gasteiger partial charge in [0.25, 0.3) is 0 Å². The third-order valence-corrected chi connectivity index (χ3v) is 3.58. The summed E-state index contributed by atoms with van der Waals surface area (Å²) < 4.78 is 21.6. The van der Waals surface area contributed by atoms with E-state index < -0.39 is 0 Å². The number of ether oxygens (including phenoxy) is 3. The second kappa shape index (κ2) is 7.08. The lowest BCUT2D eigenvalue weighted by atomic mass is 10.1. The van der Waals surface area contributed by atoms with Gasteiger partial charge >= 0.3 is 5.63 Å².